The first-order valence-electron chi connectivity index (χ1n) is 7.46. The fraction of sp³-hybridized carbons (Fsp3) is 0.500. The van der Waals surface area contributed by atoms with Gasteiger partial charge in [0.15, 0.2) is 0 Å². The summed E-state index contributed by atoms with van der Waals surface area (Å²) >= 11 is 12.1. The van der Waals surface area contributed by atoms with E-state index in [-0.39, 0.29) is 23.7 Å². The molecule has 1 aromatic carbocycles. The zero-order chi connectivity index (χ0) is 15.9. The third-order valence-electron chi connectivity index (χ3n) is 4.51. The molecule has 1 heterocycles. The number of nitrogens with zero attached hydrogens (tertiary/aromatic N) is 2. The summed E-state index contributed by atoms with van der Waals surface area (Å²) in [4.78, 5) is 27.5. The van der Waals surface area contributed by atoms with Gasteiger partial charge in [-0.05, 0) is 30.0 Å². The molecular formula is C16H18Cl2N2O2. The standard InChI is InChI=1S/C16H18Cl2N2O2/c1-10(21)19-4-6-20(7-5-19)16(22)14-9-13(14)12-3-2-11(17)8-15(12)18/h2-3,8,13-14H,4-7,9H2,1H3. The van der Waals surface area contributed by atoms with Crippen molar-refractivity contribution in [3.05, 3.63) is 33.8 Å². The lowest BCUT2D eigenvalue weighted by molar-refractivity contribution is -0.139. The Kier molecular flexibility index (Phi) is 4.33. The number of hydrogen-bond acceptors (Lipinski definition) is 2. The number of carbonyl (C=O) groups excluding carboxylic acids is 2. The van der Waals surface area contributed by atoms with Gasteiger partial charge in [-0.3, -0.25) is 9.59 Å². The van der Waals surface area contributed by atoms with Crippen LogP contribution >= 0.6 is 23.2 Å². The predicted octanol–water partition coefficient (Wildman–Crippen LogP) is 2.79. The van der Waals surface area contributed by atoms with Gasteiger partial charge in [0.1, 0.15) is 0 Å². The van der Waals surface area contributed by atoms with Gasteiger partial charge in [-0.2, -0.15) is 0 Å². The highest BCUT2D eigenvalue weighted by Crippen LogP contribution is 2.50. The Hall–Kier alpha value is -1.26. The molecule has 118 valence electrons. The van der Waals surface area contributed by atoms with E-state index < -0.39 is 0 Å². The van der Waals surface area contributed by atoms with Crippen molar-refractivity contribution in [2.45, 2.75) is 19.3 Å². The second-order valence-corrected chi connectivity index (χ2v) is 6.79. The van der Waals surface area contributed by atoms with Gasteiger partial charge in [-0.25, -0.2) is 0 Å². The van der Waals surface area contributed by atoms with Crippen LogP contribution in [-0.4, -0.2) is 47.8 Å². The summed E-state index contributed by atoms with van der Waals surface area (Å²) in [5.41, 5.74) is 1.01. The van der Waals surface area contributed by atoms with Crippen molar-refractivity contribution in [2.75, 3.05) is 26.2 Å². The number of carbonyl (C=O) groups is 2. The SMILES string of the molecule is CC(=O)N1CCN(C(=O)C2CC2c2ccc(Cl)cc2Cl)CC1. The van der Waals surface area contributed by atoms with E-state index in [9.17, 15) is 9.59 Å². The smallest absolute Gasteiger partial charge is 0.226 e. The van der Waals surface area contributed by atoms with E-state index in [0.29, 0.717) is 36.2 Å². The lowest BCUT2D eigenvalue weighted by atomic mass is 10.1. The first kappa shape index (κ1) is 15.6. The molecule has 0 bridgehead atoms. The van der Waals surface area contributed by atoms with Gasteiger partial charge in [0.2, 0.25) is 11.8 Å². The van der Waals surface area contributed by atoms with Crippen molar-refractivity contribution in [3.63, 3.8) is 0 Å². The van der Waals surface area contributed by atoms with Gasteiger partial charge in [0.25, 0.3) is 0 Å². The van der Waals surface area contributed by atoms with E-state index in [4.69, 9.17) is 23.2 Å². The molecule has 0 radical (unpaired) electrons. The van der Waals surface area contributed by atoms with E-state index >= 15 is 0 Å². The molecule has 2 amide bonds. The summed E-state index contributed by atoms with van der Waals surface area (Å²) in [6, 6.07) is 5.45. The average molecular weight is 341 g/mol. The monoisotopic (exact) mass is 340 g/mol. The molecule has 1 aliphatic heterocycles. The molecule has 2 atom stereocenters. The average Bonchev–Trinajstić information content (AvgIpc) is 3.27. The van der Waals surface area contributed by atoms with Crippen LogP contribution in [0.5, 0.6) is 0 Å². The van der Waals surface area contributed by atoms with Crippen molar-refractivity contribution in [1.29, 1.82) is 0 Å². The minimum Gasteiger partial charge on any atom is -0.339 e. The zero-order valence-electron chi connectivity index (χ0n) is 12.4. The molecule has 3 rings (SSSR count). The molecular weight excluding hydrogens is 323 g/mol. The Morgan fingerprint density at radius 2 is 1.73 bits per heavy atom. The second-order valence-electron chi connectivity index (χ2n) is 5.95. The van der Waals surface area contributed by atoms with Crippen LogP contribution < -0.4 is 0 Å². The molecule has 0 N–H and O–H groups in total. The van der Waals surface area contributed by atoms with Crippen molar-refractivity contribution in [2.24, 2.45) is 5.92 Å². The van der Waals surface area contributed by atoms with E-state index in [1.165, 1.54) is 0 Å². The first-order chi connectivity index (χ1) is 10.5. The summed E-state index contributed by atoms with van der Waals surface area (Å²) in [6.07, 6.45) is 0.840. The molecule has 6 heteroatoms. The highest BCUT2D eigenvalue weighted by molar-refractivity contribution is 6.35. The summed E-state index contributed by atoms with van der Waals surface area (Å²) in [6.45, 7) is 4.06. The van der Waals surface area contributed by atoms with Crippen molar-refractivity contribution in [1.82, 2.24) is 9.80 Å². The number of rotatable bonds is 2. The van der Waals surface area contributed by atoms with Gasteiger partial charge >= 0.3 is 0 Å². The molecule has 2 unspecified atom stereocenters. The second kappa shape index (κ2) is 6.09. The number of halogens is 2. The molecule has 2 fully saturated rings. The van der Waals surface area contributed by atoms with E-state index in [0.717, 1.165) is 12.0 Å². The van der Waals surface area contributed by atoms with E-state index in [1.807, 2.05) is 17.0 Å². The van der Waals surface area contributed by atoms with E-state index in [2.05, 4.69) is 0 Å². The molecule has 1 aromatic rings. The van der Waals surface area contributed by atoms with Crippen molar-refractivity contribution < 1.29 is 9.59 Å². The Balaban J connectivity index is 1.60. The lowest BCUT2D eigenvalue weighted by Crippen LogP contribution is -2.50. The van der Waals surface area contributed by atoms with Crippen LogP contribution in [0.25, 0.3) is 0 Å². The van der Waals surface area contributed by atoms with Crippen LogP contribution in [-0.2, 0) is 9.59 Å². The van der Waals surface area contributed by atoms with E-state index in [1.54, 1.807) is 17.9 Å². The topological polar surface area (TPSA) is 40.6 Å². The maximum atomic E-state index is 12.6. The van der Waals surface area contributed by atoms with Gasteiger partial charge in [0, 0.05) is 49.1 Å². The zero-order valence-corrected chi connectivity index (χ0v) is 13.9. The maximum absolute atomic E-state index is 12.6. The number of piperazine rings is 1. The lowest BCUT2D eigenvalue weighted by Gasteiger charge is -2.34. The molecule has 1 saturated heterocycles. The maximum Gasteiger partial charge on any atom is 0.226 e. The quantitative estimate of drug-likeness (QED) is 0.830. The fourth-order valence-electron chi connectivity index (χ4n) is 3.09. The van der Waals surface area contributed by atoms with Crippen LogP contribution in [0.2, 0.25) is 10.0 Å². The van der Waals surface area contributed by atoms with Gasteiger partial charge in [-0.15, -0.1) is 0 Å². The highest BCUT2D eigenvalue weighted by atomic mass is 35.5. The number of hydrogen-bond donors (Lipinski definition) is 0. The summed E-state index contributed by atoms with van der Waals surface area (Å²) < 4.78 is 0. The first-order valence-corrected chi connectivity index (χ1v) is 8.22. The third kappa shape index (κ3) is 3.08. The van der Waals surface area contributed by atoms with Crippen LogP contribution in [0.4, 0.5) is 0 Å². The van der Waals surface area contributed by atoms with Gasteiger partial charge in [0.05, 0.1) is 0 Å². The largest absolute Gasteiger partial charge is 0.339 e. The molecule has 0 spiro atoms. The van der Waals surface area contributed by atoms with Gasteiger partial charge < -0.3 is 9.80 Å². The number of benzene rings is 1. The van der Waals surface area contributed by atoms with Crippen LogP contribution in [0.15, 0.2) is 18.2 Å². The summed E-state index contributed by atoms with van der Waals surface area (Å²) in [5.74, 6) is 0.467. The Bertz CT molecular complexity index is 612. The molecule has 4 nitrogen and oxygen atoms in total. The fourth-order valence-corrected chi connectivity index (χ4v) is 3.64. The minimum absolute atomic E-state index is 0.0163. The Morgan fingerprint density at radius 1 is 1.09 bits per heavy atom. The van der Waals surface area contributed by atoms with Crippen molar-refractivity contribution >= 4 is 35.0 Å². The van der Waals surface area contributed by atoms with Gasteiger partial charge in [-0.1, -0.05) is 29.3 Å². The number of amides is 2. The van der Waals surface area contributed by atoms with Crippen LogP contribution in [0.3, 0.4) is 0 Å². The molecule has 1 saturated carbocycles. The molecule has 2 aliphatic rings. The normalized spacial score (nSPS) is 24.3. The van der Waals surface area contributed by atoms with Crippen molar-refractivity contribution in [3.8, 4) is 0 Å². The third-order valence-corrected chi connectivity index (χ3v) is 5.07. The Morgan fingerprint density at radius 3 is 2.32 bits per heavy atom. The van der Waals surface area contributed by atoms with Crippen LogP contribution in [0, 0.1) is 5.92 Å². The highest BCUT2D eigenvalue weighted by Gasteiger charge is 2.46. The molecule has 0 aromatic heterocycles. The molecule has 22 heavy (non-hydrogen) atoms. The summed E-state index contributed by atoms with van der Waals surface area (Å²) in [5, 5.41) is 1.24. The van der Waals surface area contributed by atoms with Crippen LogP contribution in [0.1, 0.15) is 24.8 Å². The Labute approximate surface area is 140 Å². The molecule has 1 aliphatic carbocycles. The predicted molar refractivity (Wildman–Crippen MR) is 86.1 cm³/mol. The minimum atomic E-state index is 0.0163. The summed E-state index contributed by atoms with van der Waals surface area (Å²) in [7, 11) is 0.